The molecule has 0 saturated carbocycles. The number of methoxy groups -OCH3 is 1. The number of hydrogen-bond acceptors (Lipinski definition) is 3. The average molecular weight is 283 g/mol. The van der Waals surface area contributed by atoms with E-state index < -0.39 is 0 Å². The third-order valence-corrected chi connectivity index (χ3v) is 4.17. The highest BCUT2D eigenvalue weighted by molar-refractivity contribution is 6.32. The molecule has 19 heavy (non-hydrogen) atoms. The normalized spacial score (nSPS) is 24.4. The number of nitrogens with one attached hydrogen (secondary N) is 1. The molecule has 2 unspecified atom stereocenters. The molecule has 1 aromatic rings. The van der Waals surface area contributed by atoms with E-state index in [0.29, 0.717) is 17.1 Å². The summed E-state index contributed by atoms with van der Waals surface area (Å²) in [6.45, 7) is 5.37. The average Bonchev–Trinajstić information content (AvgIpc) is 2.38. The molecule has 0 radical (unpaired) electrons. The summed E-state index contributed by atoms with van der Waals surface area (Å²) in [4.78, 5) is 0. The van der Waals surface area contributed by atoms with Gasteiger partial charge in [-0.3, -0.25) is 5.43 Å². The first-order valence-electron chi connectivity index (χ1n) is 6.96. The van der Waals surface area contributed by atoms with E-state index >= 15 is 0 Å². The Bertz CT molecular complexity index is 415. The number of hydrazine groups is 1. The van der Waals surface area contributed by atoms with Crippen molar-refractivity contribution in [2.75, 3.05) is 7.11 Å². The van der Waals surface area contributed by atoms with Gasteiger partial charge in [0.2, 0.25) is 0 Å². The number of halogens is 1. The molecule has 1 aliphatic rings. The van der Waals surface area contributed by atoms with E-state index in [1.807, 2.05) is 12.1 Å². The zero-order chi connectivity index (χ0) is 13.8. The molecule has 3 nitrogen and oxygen atoms in total. The maximum Gasteiger partial charge on any atom is 0.137 e. The van der Waals surface area contributed by atoms with Crippen molar-refractivity contribution in [1.82, 2.24) is 10.4 Å². The Labute approximate surface area is 120 Å². The second-order valence-corrected chi connectivity index (χ2v) is 5.75. The fourth-order valence-electron chi connectivity index (χ4n) is 2.74. The first-order valence-corrected chi connectivity index (χ1v) is 7.34. The van der Waals surface area contributed by atoms with Gasteiger partial charge in [-0.15, -0.1) is 0 Å². The van der Waals surface area contributed by atoms with Gasteiger partial charge >= 0.3 is 0 Å². The van der Waals surface area contributed by atoms with E-state index in [1.54, 1.807) is 7.11 Å². The lowest BCUT2D eigenvalue weighted by Crippen LogP contribution is -2.51. The van der Waals surface area contributed by atoms with Gasteiger partial charge in [0.25, 0.3) is 0 Å². The minimum atomic E-state index is 0.595. The largest absolute Gasteiger partial charge is 0.495 e. The number of ether oxygens (including phenoxy) is 1. The topological polar surface area (TPSA) is 24.5 Å². The molecular formula is C15H23ClN2O. The molecule has 1 aromatic carbocycles. The van der Waals surface area contributed by atoms with Crippen LogP contribution in [0.4, 0.5) is 0 Å². The second kappa shape index (κ2) is 6.60. The predicted octanol–water partition coefficient (Wildman–Crippen LogP) is 3.62. The van der Waals surface area contributed by atoms with Gasteiger partial charge in [-0.2, -0.15) is 0 Å². The Kier molecular flexibility index (Phi) is 5.08. The lowest BCUT2D eigenvalue weighted by molar-refractivity contribution is 0.0435. The van der Waals surface area contributed by atoms with Crippen molar-refractivity contribution >= 4 is 11.6 Å². The molecule has 0 aromatic heterocycles. The third-order valence-electron chi connectivity index (χ3n) is 3.88. The third kappa shape index (κ3) is 3.62. The summed E-state index contributed by atoms with van der Waals surface area (Å²) >= 11 is 6.14. The summed E-state index contributed by atoms with van der Waals surface area (Å²) in [7, 11) is 1.64. The Morgan fingerprint density at radius 2 is 2.00 bits per heavy atom. The van der Waals surface area contributed by atoms with Gasteiger partial charge in [-0.05, 0) is 44.4 Å². The van der Waals surface area contributed by atoms with Crippen LogP contribution in [0.15, 0.2) is 18.2 Å². The first kappa shape index (κ1) is 14.6. The van der Waals surface area contributed by atoms with E-state index in [1.165, 1.54) is 24.8 Å². The van der Waals surface area contributed by atoms with Crippen LogP contribution in [0.2, 0.25) is 5.02 Å². The van der Waals surface area contributed by atoms with E-state index in [9.17, 15) is 0 Å². The van der Waals surface area contributed by atoms with Crippen molar-refractivity contribution in [3.05, 3.63) is 28.8 Å². The van der Waals surface area contributed by atoms with Crippen LogP contribution in [0.3, 0.4) is 0 Å². The van der Waals surface area contributed by atoms with E-state index in [0.717, 1.165) is 12.3 Å². The Balaban J connectivity index is 1.96. The summed E-state index contributed by atoms with van der Waals surface area (Å²) < 4.78 is 5.17. The summed E-state index contributed by atoms with van der Waals surface area (Å²) in [5.74, 6) is 0.727. The quantitative estimate of drug-likeness (QED) is 0.913. The fraction of sp³-hybridized carbons (Fsp3) is 0.600. The van der Waals surface area contributed by atoms with Gasteiger partial charge < -0.3 is 4.74 Å². The molecule has 1 aliphatic heterocycles. The van der Waals surface area contributed by atoms with Gasteiger partial charge in [-0.25, -0.2) is 5.01 Å². The molecule has 0 spiro atoms. The van der Waals surface area contributed by atoms with Crippen LogP contribution in [0.5, 0.6) is 5.75 Å². The van der Waals surface area contributed by atoms with Gasteiger partial charge in [-0.1, -0.05) is 24.1 Å². The van der Waals surface area contributed by atoms with Crippen LogP contribution in [0.1, 0.15) is 38.7 Å². The molecule has 0 bridgehead atoms. The van der Waals surface area contributed by atoms with Crippen LogP contribution >= 0.6 is 11.6 Å². The SMILES string of the molecule is COc1ccc(CNN2C(C)CCCC2C)cc1Cl. The maximum absolute atomic E-state index is 6.14. The zero-order valence-electron chi connectivity index (χ0n) is 11.9. The van der Waals surface area contributed by atoms with Crippen molar-refractivity contribution < 1.29 is 4.74 Å². The molecule has 0 aliphatic carbocycles. The Morgan fingerprint density at radius 1 is 1.32 bits per heavy atom. The molecule has 1 heterocycles. The van der Waals surface area contributed by atoms with Crippen molar-refractivity contribution in [1.29, 1.82) is 0 Å². The van der Waals surface area contributed by atoms with E-state index in [2.05, 4.69) is 30.3 Å². The smallest absolute Gasteiger partial charge is 0.137 e. The zero-order valence-corrected chi connectivity index (χ0v) is 12.7. The number of piperidine rings is 1. The van der Waals surface area contributed by atoms with Gasteiger partial charge in [0, 0.05) is 18.6 Å². The molecule has 2 rings (SSSR count). The number of hydrogen-bond donors (Lipinski definition) is 1. The summed E-state index contributed by atoms with van der Waals surface area (Å²) in [6, 6.07) is 7.13. The molecule has 0 amide bonds. The van der Waals surface area contributed by atoms with Crippen LogP contribution in [0, 0.1) is 0 Å². The highest BCUT2D eigenvalue weighted by Crippen LogP contribution is 2.25. The number of benzene rings is 1. The lowest BCUT2D eigenvalue weighted by Gasteiger charge is -2.39. The molecule has 106 valence electrons. The molecule has 1 fully saturated rings. The van der Waals surface area contributed by atoms with Gasteiger partial charge in [0.1, 0.15) is 5.75 Å². The molecule has 4 heteroatoms. The summed E-state index contributed by atoms with van der Waals surface area (Å²) in [6.07, 6.45) is 3.86. The molecule has 1 saturated heterocycles. The molecule has 2 atom stereocenters. The van der Waals surface area contributed by atoms with Gasteiger partial charge in [0.15, 0.2) is 0 Å². The number of rotatable bonds is 4. The highest BCUT2D eigenvalue weighted by atomic mass is 35.5. The summed E-state index contributed by atoms with van der Waals surface area (Å²) in [5, 5.41) is 3.04. The standard InChI is InChI=1S/C15H23ClN2O/c1-11-5-4-6-12(2)18(11)17-10-13-7-8-15(19-3)14(16)9-13/h7-9,11-12,17H,4-6,10H2,1-3H3. The monoisotopic (exact) mass is 282 g/mol. The van der Waals surface area contributed by atoms with Crippen molar-refractivity contribution in [2.24, 2.45) is 0 Å². The Hall–Kier alpha value is -0.770. The van der Waals surface area contributed by atoms with E-state index in [-0.39, 0.29) is 0 Å². The van der Waals surface area contributed by atoms with Crippen LogP contribution < -0.4 is 10.2 Å². The fourth-order valence-corrected chi connectivity index (χ4v) is 3.02. The van der Waals surface area contributed by atoms with Crippen LogP contribution in [-0.4, -0.2) is 24.2 Å². The molecule has 1 N–H and O–H groups in total. The Morgan fingerprint density at radius 3 is 2.58 bits per heavy atom. The molecular weight excluding hydrogens is 260 g/mol. The highest BCUT2D eigenvalue weighted by Gasteiger charge is 2.24. The maximum atomic E-state index is 6.14. The summed E-state index contributed by atoms with van der Waals surface area (Å²) in [5.41, 5.74) is 4.71. The lowest BCUT2D eigenvalue weighted by atomic mass is 10.00. The van der Waals surface area contributed by atoms with Gasteiger partial charge in [0.05, 0.1) is 12.1 Å². The minimum Gasteiger partial charge on any atom is -0.495 e. The van der Waals surface area contributed by atoms with Crippen LogP contribution in [-0.2, 0) is 6.54 Å². The van der Waals surface area contributed by atoms with Crippen LogP contribution in [0.25, 0.3) is 0 Å². The van der Waals surface area contributed by atoms with E-state index in [4.69, 9.17) is 16.3 Å². The number of nitrogens with zero attached hydrogens (tertiary/aromatic N) is 1. The van der Waals surface area contributed by atoms with Crippen molar-refractivity contribution in [3.8, 4) is 5.75 Å². The van der Waals surface area contributed by atoms with Crippen molar-refractivity contribution in [2.45, 2.75) is 51.7 Å². The second-order valence-electron chi connectivity index (χ2n) is 5.34. The first-order chi connectivity index (χ1) is 9.11. The predicted molar refractivity (Wildman–Crippen MR) is 79.5 cm³/mol. The van der Waals surface area contributed by atoms with Crippen molar-refractivity contribution in [3.63, 3.8) is 0 Å². The minimum absolute atomic E-state index is 0.595.